The molecule has 1 saturated heterocycles. The summed E-state index contributed by atoms with van der Waals surface area (Å²) in [6.07, 6.45) is 3.48. The number of thioether (sulfide) groups is 1. The van der Waals surface area contributed by atoms with E-state index in [1.165, 1.54) is 23.9 Å². The lowest BCUT2D eigenvalue weighted by atomic mass is 9.96. The van der Waals surface area contributed by atoms with Gasteiger partial charge in [0.25, 0.3) is 0 Å². The van der Waals surface area contributed by atoms with E-state index in [0.29, 0.717) is 50.7 Å². The van der Waals surface area contributed by atoms with Crippen LogP contribution in [0.4, 0.5) is 4.39 Å². The highest BCUT2D eigenvalue weighted by Gasteiger charge is 2.27. The molecule has 1 aliphatic rings. The van der Waals surface area contributed by atoms with Gasteiger partial charge in [0.05, 0.1) is 18.0 Å². The van der Waals surface area contributed by atoms with Gasteiger partial charge >= 0.3 is 5.97 Å². The van der Waals surface area contributed by atoms with E-state index < -0.39 is 0 Å². The molecule has 10 heteroatoms. The van der Waals surface area contributed by atoms with Crippen molar-refractivity contribution in [2.75, 3.05) is 25.4 Å². The highest BCUT2D eigenvalue weighted by Crippen LogP contribution is 2.28. The van der Waals surface area contributed by atoms with E-state index in [4.69, 9.17) is 9.72 Å². The van der Waals surface area contributed by atoms with Gasteiger partial charge in [0.2, 0.25) is 11.1 Å². The molecule has 0 spiro atoms. The molecule has 1 aliphatic heterocycles. The quantitative estimate of drug-likeness (QED) is 0.152. The summed E-state index contributed by atoms with van der Waals surface area (Å²) in [6.45, 7) is 3.98. The van der Waals surface area contributed by atoms with Crippen LogP contribution in [0.5, 0.6) is 0 Å². The minimum atomic E-state index is -0.260. The van der Waals surface area contributed by atoms with Crippen LogP contribution < -0.4 is 0 Å². The monoisotopic (exact) mass is 549 g/mol. The average molecular weight is 550 g/mol. The van der Waals surface area contributed by atoms with Crippen LogP contribution in [0.3, 0.4) is 0 Å². The summed E-state index contributed by atoms with van der Waals surface area (Å²) >= 11 is 1.53. The van der Waals surface area contributed by atoms with E-state index in [2.05, 4.69) is 14.8 Å². The Bertz CT molecular complexity index is 1450. The Morgan fingerprint density at radius 3 is 2.59 bits per heavy atom. The highest BCUT2D eigenvalue weighted by atomic mass is 32.2. The van der Waals surface area contributed by atoms with Crippen LogP contribution in [0.15, 0.2) is 53.7 Å². The van der Waals surface area contributed by atoms with Gasteiger partial charge in [0.1, 0.15) is 11.3 Å². The summed E-state index contributed by atoms with van der Waals surface area (Å²) in [4.78, 5) is 31.2. The zero-order chi connectivity index (χ0) is 27.2. The number of piperidine rings is 1. The predicted molar refractivity (Wildman–Crippen MR) is 149 cm³/mol. The summed E-state index contributed by atoms with van der Waals surface area (Å²) in [7, 11) is 0. The third-order valence-corrected chi connectivity index (χ3v) is 8.02. The standard InChI is InChI=1S/C29H32FN5O3S/c1-2-38-28(37)21-14-16-34(17-15-21)25(36)9-5-6-18-39-29-31-27-26(32-33-29)23-7-3-4-8-24(23)35(27)19-20-10-12-22(30)13-11-20/h3-4,7-8,10-13,21H,2,5-6,9,14-19H2,1H3. The normalized spacial score (nSPS) is 14.3. The number of benzene rings is 2. The summed E-state index contributed by atoms with van der Waals surface area (Å²) in [5.74, 6) is 0.429. The number of para-hydroxylation sites is 1. The molecule has 3 heterocycles. The molecular weight excluding hydrogens is 517 g/mol. The van der Waals surface area contributed by atoms with Gasteiger partial charge < -0.3 is 14.2 Å². The predicted octanol–water partition coefficient (Wildman–Crippen LogP) is 5.23. The lowest BCUT2D eigenvalue weighted by Crippen LogP contribution is -2.40. The Hall–Kier alpha value is -3.53. The van der Waals surface area contributed by atoms with Crippen LogP contribution >= 0.6 is 11.8 Å². The summed E-state index contributed by atoms with van der Waals surface area (Å²) in [5, 5.41) is 10.4. The number of ether oxygens (including phenoxy) is 1. The second-order valence-electron chi connectivity index (χ2n) is 9.71. The number of hydrogen-bond acceptors (Lipinski definition) is 7. The molecule has 2 aromatic heterocycles. The molecule has 5 rings (SSSR count). The maximum atomic E-state index is 13.4. The van der Waals surface area contributed by atoms with Crippen LogP contribution in [0.25, 0.3) is 22.1 Å². The number of nitrogens with zero attached hydrogens (tertiary/aromatic N) is 5. The Morgan fingerprint density at radius 2 is 1.82 bits per heavy atom. The van der Waals surface area contributed by atoms with Gasteiger partial charge in [-0.15, -0.1) is 10.2 Å². The number of fused-ring (bicyclic) bond motifs is 3. The van der Waals surface area contributed by atoms with E-state index >= 15 is 0 Å². The molecule has 1 fully saturated rings. The van der Waals surface area contributed by atoms with Gasteiger partial charge in [-0.1, -0.05) is 42.1 Å². The third kappa shape index (κ3) is 6.38. The van der Waals surface area contributed by atoms with Crippen molar-refractivity contribution in [3.05, 3.63) is 59.9 Å². The zero-order valence-corrected chi connectivity index (χ0v) is 22.8. The maximum absolute atomic E-state index is 13.4. The number of unbranched alkanes of at least 4 members (excludes halogenated alkanes) is 1. The summed E-state index contributed by atoms with van der Waals surface area (Å²) in [5.41, 5.74) is 3.47. The smallest absolute Gasteiger partial charge is 0.309 e. The minimum Gasteiger partial charge on any atom is -0.466 e. The molecule has 0 atom stereocenters. The van der Waals surface area contributed by atoms with Gasteiger partial charge in [-0.25, -0.2) is 9.37 Å². The fourth-order valence-electron chi connectivity index (χ4n) is 5.01. The first kappa shape index (κ1) is 27.1. The average Bonchev–Trinajstić information content (AvgIpc) is 3.27. The Kier molecular flexibility index (Phi) is 8.71. The number of hydrogen-bond donors (Lipinski definition) is 0. The highest BCUT2D eigenvalue weighted by molar-refractivity contribution is 7.99. The number of carbonyl (C=O) groups excluding carboxylic acids is 2. The number of aromatic nitrogens is 4. The molecule has 4 aromatic rings. The van der Waals surface area contributed by atoms with E-state index in [-0.39, 0.29) is 23.6 Å². The van der Waals surface area contributed by atoms with Crippen molar-refractivity contribution in [2.24, 2.45) is 5.92 Å². The molecular formula is C29H32FN5O3S. The fourth-order valence-corrected chi connectivity index (χ4v) is 5.79. The molecule has 0 aliphatic carbocycles. The molecule has 0 saturated carbocycles. The maximum Gasteiger partial charge on any atom is 0.309 e. The molecule has 0 N–H and O–H groups in total. The van der Waals surface area contributed by atoms with Crippen molar-refractivity contribution in [3.63, 3.8) is 0 Å². The van der Waals surface area contributed by atoms with Crippen LogP contribution in [0, 0.1) is 11.7 Å². The molecule has 39 heavy (non-hydrogen) atoms. The van der Waals surface area contributed by atoms with E-state index in [1.54, 1.807) is 12.1 Å². The van der Waals surface area contributed by atoms with Gasteiger partial charge in [0.15, 0.2) is 5.65 Å². The zero-order valence-electron chi connectivity index (χ0n) is 22.0. The summed E-state index contributed by atoms with van der Waals surface area (Å²) in [6, 6.07) is 14.5. The van der Waals surface area contributed by atoms with Crippen LogP contribution in [-0.2, 0) is 20.9 Å². The molecule has 0 radical (unpaired) electrons. The number of halogens is 1. The Morgan fingerprint density at radius 1 is 1.05 bits per heavy atom. The SMILES string of the molecule is CCOC(=O)C1CCN(C(=O)CCCCSc2nnc3c4ccccc4n(Cc4ccc(F)cc4)c3n2)CC1. The largest absolute Gasteiger partial charge is 0.466 e. The second kappa shape index (κ2) is 12.5. The molecule has 0 unspecified atom stereocenters. The molecule has 0 bridgehead atoms. The van der Waals surface area contributed by atoms with Crippen molar-refractivity contribution < 1.29 is 18.7 Å². The van der Waals surface area contributed by atoms with Crippen molar-refractivity contribution in [1.82, 2.24) is 24.6 Å². The second-order valence-corrected chi connectivity index (χ2v) is 10.8. The summed E-state index contributed by atoms with van der Waals surface area (Å²) < 4.78 is 20.6. The Balaban J connectivity index is 1.16. The van der Waals surface area contributed by atoms with Crippen LogP contribution in [0.2, 0.25) is 0 Å². The minimum absolute atomic E-state index is 0.0919. The van der Waals surface area contributed by atoms with Crippen molar-refractivity contribution in [3.8, 4) is 0 Å². The van der Waals surface area contributed by atoms with Gasteiger partial charge in [-0.05, 0) is 56.4 Å². The fraction of sp³-hybridized carbons (Fsp3) is 0.414. The van der Waals surface area contributed by atoms with Crippen molar-refractivity contribution in [2.45, 2.75) is 50.7 Å². The van der Waals surface area contributed by atoms with Crippen LogP contribution in [0.1, 0.15) is 44.6 Å². The van der Waals surface area contributed by atoms with Crippen molar-refractivity contribution >= 4 is 45.7 Å². The molecule has 1 amide bonds. The van der Waals surface area contributed by atoms with Gasteiger partial charge in [0, 0.05) is 37.2 Å². The number of likely N-dealkylation sites (tertiary alicyclic amines) is 1. The number of rotatable bonds is 10. The van der Waals surface area contributed by atoms with E-state index in [1.807, 2.05) is 36.1 Å². The topological polar surface area (TPSA) is 90.2 Å². The molecule has 204 valence electrons. The van der Waals surface area contributed by atoms with Gasteiger partial charge in [-0.3, -0.25) is 9.59 Å². The van der Waals surface area contributed by atoms with Gasteiger partial charge in [-0.2, -0.15) is 0 Å². The number of amides is 1. The van der Waals surface area contributed by atoms with Crippen LogP contribution in [-0.4, -0.2) is 62.0 Å². The first-order valence-electron chi connectivity index (χ1n) is 13.5. The lowest BCUT2D eigenvalue weighted by molar-refractivity contribution is -0.151. The third-order valence-electron chi connectivity index (χ3n) is 7.09. The molecule has 2 aromatic carbocycles. The van der Waals surface area contributed by atoms with E-state index in [9.17, 15) is 14.0 Å². The van der Waals surface area contributed by atoms with Crippen molar-refractivity contribution in [1.29, 1.82) is 0 Å². The van der Waals surface area contributed by atoms with E-state index in [0.717, 1.165) is 46.2 Å². The number of esters is 1. The molecule has 8 nitrogen and oxygen atoms in total. The lowest BCUT2D eigenvalue weighted by Gasteiger charge is -2.31. The first-order valence-corrected chi connectivity index (χ1v) is 14.5. The first-order chi connectivity index (χ1) is 19.0. The Labute approximate surface area is 230 Å². The number of carbonyl (C=O) groups is 2.